The molecule has 5 heteroatoms. The van der Waals surface area contributed by atoms with Crippen LogP contribution in [0.25, 0.3) is 0 Å². The highest BCUT2D eigenvalue weighted by Gasteiger charge is 2.24. The molecule has 0 atom stereocenters. The quantitative estimate of drug-likeness (QED) is 0.868. The SMILES string of the molecule is Cc1nn(C)c(C)c1C(=O)NC(C)(C)CCBr. The van der Waals surface area contributed by atoms with Gasteiger partial charge >= 0.3 is 0 Å². The van der Waals surface area contributed by atoms with Gasteiger partial charge in [0.05, 0.1) is 11.3 Å². The van der Waals surface area contributed by atoms with Crippen LogP contribution in [0.5, 0.6) is 0 Å². The minimum absolute atomic E-state index is 0.0425. The molecule has 1 aromatic heterocycles. The molecule has 0 bridgehead atoms. The second-order valence-electron chi connectivity index (χ2n) is 4.95. The fourth-order valence-corrected chi connectivity index (χ4v) is 2.76. The van der Waals surface area contributed by atoms with Crippen molar-refractivity contribution in [2.24, 2.45) is 7.05 Å². The molecule has 0 saturated carbocycles. The number of hydrogen-bond acceptors (Lipinski definition) is 2. The average molecular weight is 302 g/mol. The molecule has 0 radical (unpaired) electrons. The number of aromatic nitrogens is 2. The number of hydrogen-bond donors (Lipinski definition) is 1. The number of halogens is 1. The monoisotopic (exact) mass is 301 g/mol. The predicted octanol–water partition coefficient (Wildman–Crippen LogP) is 2.33. The van der Waals surface area contributed by atoms with Crippen LogP contribution in [0.4, 0.5) is 0 Å². The molecular formula is C12H20BrN3O. The van der Waals surface area contributed by atoms with Crippen molar-refractivity contribution in [2.45, 2.75) is 39.7 Å². The number of amides is 1. The van der Waals surface area contributed by atoms with Crippen molar-refractivity contribution >= 4 is 21.8 Å². The molecular weight excluding hydrogens is 282 g/mol. The summed E-state index contributed by atoms with van der Waals surface area (Å²) in [5.41, 5.74) is 2.15. The Morgan fingerprint density at radius 1 is 1.47 bits per heavy atom. The second kappa shape index (κ2) is 5.21. The molecule has 1 N–H and O–H groups in total. The fraction of sp³-hybridized carbons (Fsp3) is 0.667. The Morgan fingerprint density at radius 2 is 2.06 bits per heavy atom. The Hall–Kier alpha value is -0.840. The third-order valence-electron chi connectivity index (χ3n) is 2.91. The van der Waals surface area contributed by atoms with Gasteiger partial charge in [-0.3, -0.25) is 9.48 Å². The van der Waals surface area contributed by atoms with Gasteiger partial charge in [0.15, 0.2) is 0 Å². The summed E-state index contributed by atoms with van der Waals surface area (Å²) in [6.07, 6.45) is 0.886. The number of carbonyl (C=O) groups is 1. The summed E-state index contributed by atoms with van der Waals surface area (Å²) in [6, 6.07) is 0. The van der Waals surface area contributed by atoms with Crippen molar-refractivity contribution in [3.05, 3.63) is 17.0 Å². The summed E-state index contributed by atoms with van der Waals surface area (Å²) in [5, 5.41) is 8.17. The van der Waals surface area contributed by atoms with Gasteiger partial charge in [-0.15, -0.1) is 0 Å². The highest BCUT2D eigenvalue weighted by atomic mass is 79.9. The summed E-state index contributed by atoms with van der Waals surface area (Å²) in [5.74, 6) is -0.0425. The molecule has 1 aromatic rings. The Bertz CT molecular complexity index is 424. The molecule has 0 saturated heterocycles. The summed E-state index contributed by atoms with van der Waals surface area (Å²) in [7, 11) is 1.85. The van der Waals surface area contributed by atoms with Crippen molar-refractivity contribution in [3.8, 4) is 0 Å². The van der Waals surface area contributed by atoms with Crippen LogP contribution >= 0.6 is 15.9 Å². The standard InChI is InChI=1S/C12H20BrN3O/c1-8-10(9(2)16(5)15-8)11(17)14-12(3,4)6-7-13/h6-7H2,1-5H3,(H,14,17). The van der Waals surface area contributed by atoms with Gasteiger partial charge in [-0.1, -0.05) is 15.9 Å². The lowest BCUT2D eigenvalue weighted by atomic mass is 10.0. The molecule has 0 aromatic carbocycles. The highest BCUT2D eigenvalue weighted by Crippen LogP contribution is 2.15. The van der Waals surface area contributed by atoms with Gasteiger partial charge in [0, 0.05) is 23.6 Å². The van der Waals surface area contributed by atoms with Gasteiger partial charge < -0.3 is 5.32 Å². The molecule has 0 unspecified atom stereocenters. The zero-order valence-corrected chi connectivity index (χ0v) is 12.7. The number of nitrogens with zero attached hydrogens (tertiary/aromatic N) is 2. The predicted molar refractivity (Wildman–Crippen MR) is 72.6 cm³/mol. The molecule has 17 heavy (non-hydrogen) atoms. The van der Waals surface area contributed by atoms with Crippen molar-refractivity contribution in [1.82, 2.24) is 15.1 Å². The minimum Gasteiger partial charge on any atom is -0.347 e. The Balaban J connectivity index is 2.91. The van der Waals surface area contributed by atoms with Crippen LogP contribution < -0.4 is 5.32 Å². The van der Waals surface area contributed by atoms with Crippen molar-refractivity contribution < 1.29 is 4.79 Å². The molecule has 4 nitrogen and oxygen atoms in total. The number of alkyl halides is 1. The van der Waals surface area contributed by atoms with Crippen LogP contribution in [-0.2, 0) is 7.05 Å². The Morgan fingerprint density at radius 3 is 2.47 bits per heavy atom. The fourth-order valence-electron chi connectivity index (χ4n) is 1.77. The molecule has 0 fully saturated rings. The van der Waals surface area contributed by atoms with Crippen LogP contribution in [0, 0.1) is 13.8 Å². The van der Waals surface area contributed by atoms with Gasteiger partial charge in [-0.25, -0.2) is 0 Å². The first-order valence-corrected chi connectivity index (χ1v) is 6.79. The molecule has 0 aliphatic carbocycles. The Labute approximate surface area is 111 Å². The number of carbonyl (C=O) groups excluding carboxylic acids is 1. The van der Waals surface area contributed by atoms with E-state index in [1.165, 1.54) is 0 Å². The van der Waals surface area contributed by atoms with E-state index in [0.29, 0.717) is 5.56 Å². The largest absolute Gasteiger partial charge is 0.347 e. The molecule has 1 heterocycles. The van der Waals surface area contributed by atoms with Gasteiger partial charge in [0.1, 0.15) is 0 Å². The summed E-state index contributed by atoms with van der Waals surface area (Å²) in [4.78, 5) is 12.2. The lowest BCUT2D eigenvalue weighted by Gasteiger charge is -2.25. The maximum atomic E-state index is 12.2. The molecule has 0 aliphatic heterocycles. The van der Waals surface area contributed by atoms with Crippen molar-refractivity contribution in [2.75, 3.05) is 5.33 Å². The van der Waals surface area contributed by atoms with Gasteiger partial charge in [0.25, 0.3) is 5.91 Å². The first-order valence-electron chi connectivity index (χ1n) is 5.67. The second-order valence-corrected chi connectivity index (χ2v) is 5.74. The summed E-state index contributed by atoms with van der Waals surface area (Å²) >= 11 is 3.40. The van der Waals surface area contributed by atoms with E-state index in [1.54, 1.807) is 4.68 Å². The first-order chi connectivity index (χ1) is 7.78. The first kappa shape index (κ1) is 14.2. The number of rotatable bonds is 4. The van der Waals surface area contributed by atoms with Crippen LogP contribution in [-0.4, -0.2) is 26.6 Å². The van der Waals surface area contributed by atoms with Gasteiger partial charge in [-0.2, -0.15) is 5.10 Å². The lowest BCUT2D eigenvalue weighted by Crippen LogP contribution is -2.44. The van der Waals surface area contributed by atoms with E-state index >= 15 is 0 Å². The van der Waals surface area contributed by atoms with E-state index in [9.17, 15) is 4.79 Å². The van der Waals surface area contributed by atoms with E-state index in [4.69, 9.17) is 0 Å². The molecule has 0 spiro atoms. The smallest absolute Gasteiger partial charge is 0.255 e. The van der Waals surface area contributed by atoms with Crippen LogP contribution in [0.15, 0.2) is 0 Å². The summed E-state index contributed by atoms with van der Waals surface area (Å²) < 4.78 is 1.74. The topological polar surface area (TPSA) is 46.9 Å². The van der Waals surface area contributed by atoms with Crippen LogP contribution in [0.1, 0.15) is 42.0 Å². The zero-order chi connectivity index (χ0) is 13.2. The third kappa shape index (κ3) is 3.31. The molecule has 1 amide bonds. The van der Waals surface area contributed by atoms with E-state index < -0.39 is 0 Å². The average Bonchev–Trinajstić information content (AvgIpc) is 2.39. The van der Waals surface area contributed by atoms with Gasteiger partial charge in [0.2, 0.25) is 0 Å². The van der Waals surface area contributed by atoms with Crippen molar-refractivity contribution in [3.63, 3.8) is 0 Å². The van der Waals surface area contributed by atoms with E-state index in [2.05, 4.69) is 26.3 Å². The third-order valence-corrected chi connectivity index (χ3v) is 3.30. The van der Waals surface area contributed by atoms with E-state index in [1.807, 2.05) is 34.7 Å². The molecule has 96 valence electrons. The van der Waals surface area contributed by atoms with Crippen LogP contribution in [0.2, 0.25) is 0 Å². The molecule has 1 rings (SSSR count). The van der Waals surface area contributed by atoms with Crippen molar-refractivity contribution in [1.29, 1.82) is 0 Å². The Kier molecular flexibility index (Phi) is 4.36. The maximum Gasteiger partial charge on any atom is 0.255 e. The summed E-state index contributed by atoms with van der Waals surface area (Å²) in [6.45, 7) is 7.81. The van der Waals surface area contributed by atoms with Gasteiger partial charge in [-0.05, 0) is 34.1 Å². The van der Waals surface area contributed by atoms with E-state index in [-0.39, 0.29) is 11.4 Å². The zero-order valence-electron chi connectivity index (χ0n) is 11.1. The van der Waals surface area contributed by atoms with Crippen LogP contribution in [0.3, 0.4) is 0 Å². The number of aryl methyl sites for hydroxylation is 2. The maximum absolute atomic E-state index is 12.2. The van der Waals surface area contributed by atoms with E-state index in [0.717, 1.165) is 23.1 Å². The number of nitrogens with one attached hydrogen (secondary N) is 1. The molecule has 0 aliphatic rings. The highest BCUT2D eigenvalue weighted by molar-refractivity contribution is 9.09. The lowest BCUT2D eigenvalue weighted by molar-refractivity contribution is 0.0910. The normalized spacial score (nSPS) is 11.6. The minimum atomic E-state index is -0.213.